The molecule has 0 aromatic heterocycles. The van der Waals surface area contributed by atoms with Crippen molar-refractivity contribution in [2.75, 3.05) is 13.1 Å². The molecule has 1 aliphatic rings. The average Bonchev–Trinajstić information content (AvgIpc) is 2.39. The van der Waals surface area contributed by atoms with Gasteiger partial charge in [-0.2, -0.15) is 0 Å². The van der Waals surface area contributed by atoms with Crippen LogP contribution in [0.2, 0.25) is 0 Å². The number of nitrogens with one attached hydrogen (secondary N) is 1. The number of halogens is 1. The van der Waals surface area contributed by atoms with Crippen LogP contribution in [-0.2, 0) is 0 Å². The van der Waals surface area contributed by atoms with Crippen molar-refractivity contribution in [3.05, 3.63) is 35.6 Å². The van der Waals surface area contributed by atoms with E-state index in [9.17, 15) is 9.18 Å². The molecule has 3 heteroatoms. The van der Waals surface area contributed by atoms with Crippen LogP contribution in [0.25, 0.3) is 0 Å². The van der Waals surface area contributed by atoms with Gasteiger partial charge in [0, 0.05) is 5.41 Å². The Labute approximate surface area is 108 Å². The molecule has 0 aliphatic carbocycles. The lowest BCUT2D eigenvalue weighted by Crippen LogP contribution is -2.42. The molecule has 1 heterocycles. The van der Waals surface area contributed by atoms with Gasteiger partial charge >= 0.3 is 0 Å². The molecule has 1 unspecified atom stereocenters. The van der Waals surface area contributed by atoms with Crippen LogP contribution >= 0.6 is 0 Å². The van der Waals surface area contributed by atoms with Gasteiger partial charge in [-0.3, -0.25) is 4.79 Å². The number of Topliss-reactive ketones (excluding diaryl/α,β-unsaturated/α-hetero) is 1. The van der Waals surface area contributed by atoms with Gasteiger partial charge in [0.25, 0.3) is 0 Å². The van der Waals surface area contributed by atoms with Crippen LogP contribution < -0.4 is 5.32 Å². The largest absolute Gasteiger partial charge is 0.316 e. The van der Waals surface area contributed by atoms with Crippen molar-refractivity contribution in [1.29, 1.82) is 0 Å². The van der Waals surface area contributed by atoms with E-state index in [1.165, 1.54) is 6.07 Å². The highest BCUT2D eigenvalue weighted by Gasteiger charge is 2.38. The number of carbonyl (C=O) groups is 1. The number of piperidine rings is 1. The van der Waals surface area contributed by atoms with Gasteiger partial charge < -0.3 is 5.32 Å². The Hall–Kier alpha value is -1.22. The first kappa shape index (κ1) is 13.2. The van der Waals surface area contributed by atoms with E-state index in [4.69, 9.17) is 0 Å². The Kier molecular flexibility index (Phi) is 3.81. The molecule has 1 atom stereocenters. The van der Waals surface area contributed by atoms with E-state index < -0.39 is 11.2 Å². The van der Waals surface area contributed by atoms with Gasteiger partial charge in [0.15, 0.2) is 5.78 Å². The van der Waals surface area contributed by atoms with Gasteiger partial charge in [-0.25, -0.2) is 4.39 Å². The van der Waals surface area contributed by atoms with Crippen molar-refractivity contribution < 1.29 is 9.18 Å². The second kappa shape index (κ2) is 5.19. The zero-order valence-electron chi connectivity index (χ0n) is 11.0. The molecular formula is C15H20FNO. The summed E-state index contributed by atoms with van der Waals surface area (Å²) in [5.41, 5.74) is -0.302. The smallest absolute Gasteiger partial charge is 0.171 e. The van der Waals surface area contributed by atoms with Crippen molar-refractivity contribution >= 4 is 5.78 Å². The van der Waals surface area contributed by atoms with Crippen molar-refractivity contribution in [1.82, 2.24) is 5.32 Å². The first-order chi connectivity index (χ1) is 8.53. The van der Waals surface area contributed by atoms with E-state index in [-0.39, 0.29) is 17.3 Å². The van der Waals surface area contributed by atoms with E-state index in [1.807, 2.05) is 13.8 Å². The van der Waals surface area contributed by atoms with Crippen LogP contribution in [0.1, 0.15) is 37.0 Å². The summed E-state index contributed by atoms with van der Waals surface area (Å²) in [7, 11) is 0. The molecule has 2 nitrogen and oxygen atoms in total. The van der Waals surface area contributed by atoms with Gasteiger partial charge in [0.2, 0.25) is 0 Å². The molecule has 98 valence electrons. The van der Waals surface area contributed by atoms with E-state index in [1.54, 1.807) is 18.2 Å². The Morgan fingerprint density at radius 2 is 2.11 bits per heavy atom. The highest BCUT2D eigenvalue weighted by molar-refractivity contribution is 6.00. The molecule has 0 radical (unpaired) electrons. The molecule has 1 aromatic carbocycles. The van der Waals surface area contributed by atoms with E-state index in [0.29, 0.717) is 0 Å². The van der Waals surface area contributed by atoms with Crippen molar-refractivity contribution in [2.24, 2.45) is 11.3 Å². The van der Waals surface area contributed by atoms with Crippen molar-refractivity contribution in [3.8, 4) is 0 Å². The third-order valence-electron chi connectivity index (χ3n) is 4.02. The zero-order chi connectivity index (χ0) is 13.2. The summed E-state index contributed by atoms with van der Waals surface area (Å²) in [6.07, 6.45) is 2.11. The van der Waals surface area contributed by atoms with Gasteiger partial charge in [-0.05, 0) is 44.0 Å². The van der Waals surface area contributed by atoms with Crippen LogP contribution in [0.4, 0.5) is 4.39 Å². The number of hydrogen-bond acceptors (Lipinski definition) is 2. The molecule has 1 N–H and O–H groups in total. The number of hydrogen-bond donors (Lipinski definition) is 1. The van der Waals surface area contributed by atoms with Crippen molar-refractivity contribution in [3.63, 3.8) is 0 Å². The second-order valence-corrected chi connectivity index (χ2v) is 5.57. The van der Waals surface area contributed by atoms with Crippen LogP contribution in [0, 0.1) is 17.2 Å². The molecule has 0 saturated carbocycles. The fourth-order valence-electron chi connectivity index (χ4n) is 2.65. The summed E-state index contributed by atoms with van der Waals surface area (Å²) < 4.78 is 13.7. The number of ketones is 1. The molecule has 0 spiro atoms. The van der Waals surface area contributed by atoms with Gasteiger partial charge in [-0.1, -0.05) is 26.0 Å². The predicted octanol–water partition coefficient (Wildman–Crippen LogP) is 3.03. The summed E-state index contributed by atoms with van der Waals surface area (Å²) >= 11 is 0. The molecule has 18 heavy (non-hydrogen) atoms. The lowest BCUT2D eigenvalue weighted by atomic mass is 9.70. The van der Waals surface area contributed by atoms with Crippen LogP contribution in [0.3, 0.4) is 0 Å². The molecule has 2 rings (SSSR count). The molecule has 0 amide bonds. The summed E-state index contributed by atoms with van der Waals surface area (Å²) in [4.78, 5) is 12.5. The average molecular weight is 249 g/mol. The molecule has 1 aliphatic heterocycles. The number of rotatable bonds is 3. The second-order valence-electron chi connectivity index (χ2n) is 5.57. The van der Waals surface area contributed by atoms with Crippen molar-refractivity contribution in [2.45, 2.75) is 26.7 Å². The minimum atomic E-state index is -0.518. The Bertz CT molecular complexity index is 436. The summed E-state index contributed by atoms with van der Waals surface area (Å²) in [5.74, 6) is -0.230. The van der Waals surface area contributed by atoms with Crippen LogP contribution in [0.5, 0.6) is 0 Å². The first-order valence-corrected chi connectivity index (χ1v) is 6.53. The standard InChI is InChI=1S/C15H20FNO/c1-15(2,11-6-5-9-17-10-11)14(18)12-7-3-4-8-13(12)16/h3-4,7-8,11,17H,5-6,9-10H2,1-2H3. The minimum Gasteiger partial charge on any atom is -0.316 e. The summed E-state index contributed by atoms with van der Waals surface area (Å²) in [5, 5.41) is 3.32. The monoisotopic (exact) mass is 249 g/mol. The lowest BCUT2D eigenvalue weighted by molar-refractivity contribution is 0.0704. The molecule has 1 fully saturated rings. The quantitative estimate of drug-likeness (QED) is 0.834. The van der Waals surface area contributed by atoms with E-state index >= 15 is 0 Å². The third-order valence-corrected chi connectivity index (χ3v) is 4.02. The first-order valence-electron chi connectivity index (χ1n) is 6.53. The zero-order valence-corrected chi connectivity index (χ0v) is 11.0. The normalized spacial score (nSPS) is 20.7. The SMILES string of the molecule is CC(C)(C(=O)c1ccccc1F)C1CCCNC1. The van der Waals surface area contributed by atoms with E-state index in [0.717, 1.165) is 25.9 Å². The number of benzene rings is 1. The highest BCUT2D eigenvalue weighted by Crippen LogP contribution is 2.35. The summed E-state index contributed by atoms with van der Waals surface area (Å²) in [6.45, 7) is 5.71. The molecule has 1 saturated heterocycles. The Morgan fingerprint density at radius 1 is 1.39 bits per heavy atom. The predicted molar refractivity (Wildman–Crippen MR) is 70.1 cm³/mol. The maximum atomic E-state index is 13.7. The summed E-state index contributed by atoms with van der Waals surface area (Å²) in [6, 6.07) is 6.25. The van der Waals surface area contributed by atoms with Crippen LogP contribution in [-0.4, -0.2) is 18.9 Å². The fraction of sp³-hybridized carbons (Fsp3) is 0.533. The van der Waals surface area contributed by atoms with Gasteiger partial charge in [0.05, 0.1) is 5.56 Å². The Balaban J connectivity index is 2.24. The maximum Gasteiger partial charge on any atom is 0.171 e. The van der Waals surface area contributed by atoms with Gasteiger partial charge in [0.1, 0.15) is 5.82 Å². The van der Waals surface area contributed by atoms with Crippen LogP contribution in [0.15, 0.2) is 24.3 Å². The topological polar surface area (TPSA) is 29.1 Å². The molecule has 1 aromatic rings. The molecule has 0 bridgehead atoms. The van der Waals surface area contributed by atoms with Gasteiger partial charge in [-0.15, -0.1) is 0 Å². The minimum absolute atomic E-state index is 0.0886. The number of carbonyl (C=O) groups excluding carboxylic acids is 1. The molecular weight excluding hydrogens is 229 g/mol. The Morgan fingerprint density at radius 3 is 2.72 bits per heavy atom. The fourth-order valence-corrected chi connectivity index (χ4v) is 2.65. The maximum absolute atomic E-state index is 13.7. The highest BCUT2D eigenvalue weighted by atomic mass is 19.1. The lowest BCUT2D eigenvalue weighted by Gasteiger charge is -2.36. The van der Waals surface area contributed by atoms with E-state index in [2.05, 4.69) is 5.32 Å². The third kappa shape index (κ3) is 2.46.